The molecule has 2 N–H and O–H groups in total. The number of fused-ring (bicyclic) bond motifs is 1. The summed E-state index contributed by atoms with van der Waals surface area (Å²) in [6, 6.07) is 12.5. The van der Waals surface area contributed by atoms with E-state index in [-0.39, 0.29) is 10.9 Å². The van der Waals surface area contributed by atoms with Gasteiger partial charge in [0, 0.05) is 23.1 Å². The summed E-state index contributed by atoms with van der Waals surface area (Å²) in [5.74, 6) is -0.572. The Morgan fingerprint density at radius 2 is 1.96 bits per heavy atom. The number of sulfonamides is 1. The highest BCUT2D eigenvalue weighted by molar-refractivity contribution is 7.89. The first-order valence-corrected chi connectivity index (χ1v) is 8.77. The third kappa shape index (κ3) is 3.43. The minimum atomic E-state index is -3.74. The van der Waals surface area contributed by atoms with Crippen molar-refractivity contribution in [2.24, 2.45) is 0 Å². The molecule has 0 radical (unpaired) electrons. The van der Waals surface area contributed by atoms with Gasteiger partial charge in [0.1, 0.15) is 5.82 Å². The van der Waals surface area contributed by atoms with Gasteiger partial charge in [-0.05, 0) is 43.2 Å². The van der Waals surface area contributed by atoms with E-state index in [0.717, 1.165) is 22.5 Å². The summed E-state index contributed by atoms with van der Waals surface area (Å²) in [7, 11) is -3.74. The molecule has 0 aliphatic heterocycles. The highest BCUT2D eigenvalue weighted by Crippen LogP contribution is 2.19. The Morgan fingerprint density at radius 1 is 1.17 bits per heavy atom. The Labute approximate surface area is 134 Å². The molecular weight excluding hydrogens is 315 g/mol. The van der Waals surface area contributed by atoms with Crippen LogP contribution in [-0.4, -0.2) is 19.4 Å². The standard InChI is InChI=1S/C17H17FN2O2S/c1-12(9-13-11-19-17-8-3-2-7-16(13)17)20-23(21,22)15-6-4-5-14(18)10-15/h2-8,10-12,19-20H,9H2,1H3. The molecule has 1 atom stereocenters. The van der Waals surface area contributed by atoms with Crippen LogP contribution in [0.5, 0.6) is 0 Å². The lowest BCUT2D eigenvalue weighted by Gasteiger charge is -2.14. The lowest BCUT2D eigenvalue weighted by Crippen LogP contribution is -2.34. The van der Waals surface area contributed by atoms with E-state index in [1.54, 1.807) is 6.92 Å². The number of para-hydroxylation sites is 1. The second kappa shape index (κ2) is 6.14. The van der Waals surface area contributed by atoms with Crippen molar-refractivity contribution >= 4 is 20.9 Å². The third-order valence-corrected chi connectivity index (χ3v) is 5.25. The summed E-state index contributed by atoms with van der Waals surface area (Å²) in [6.07, 6.45) is 2.43. The van der Waals surface area contributed by atoms with E-state index < -0.39 is 15.8 Å². The summed E-state index contributed by atoms with van der Waals surface area (Å²) in [6.45, 7) is 1.79. The predicted octanol–water partition coefficient (Wildman–Crippen LogP) is 3.22. The minimum absolute atomic E-state index is 0.0664. The molecule has 1 aromatic heterocycles. The number of halogens is 1. The predicted molar refractivity (Wildman–Crippen MR) is 88.2 cm³/mol. The molecule has 0 amide bonds. The molecule has 0 spiro atoms. The van der Waals surface area contributed by atoms with Crippen LogP contribution >= 0.6 is 0 Å². The first-order valence-electron chi connectivity index (χ1n) is 7.28. The summed E-state index contributed by atoms with van der Waals surface area (Å²) in [5, 5.41) is 1.07. The average molecular weight is 332 g/mol. The van der Waals surface area contributed by atoms with Crippen molar-refractivity contribution in [3.05, 3.63) is 66.1 Å². The highest BCUT2D eigenvalue weighted by atomic mass is 32.2. The zero-order valence-corrected chi connectivity index (χ0v) is 13.4. The van der Waals surface area contributed by atoms with Gasteiger partial charge in [-0.1, -0.05) is 24.3 Å². The Balaban J connectivity index is 1.77. The van der Waals surface area contributed by atoms with Crippen LogP contribution in [0.15, 0.2) is 59.6 Å². The molecular formula is C17H17FN2O2S. The van der Waals surface area contributed by atoms with Crippen molar-refractivity contribution in [2.75, 3.05) is 0 Å². The fourth-order valence-corrected chi connectivity index (χ4v) is 3.91. The number of H-pyrrole nitrogens is 1. The van der Waals surface area contributed by atoms with E-state index in [9.17, 15) is 12.8 Å². The number of hydrogen-bond donors (Lipinski definition) is 2. The molecule has 3 rings (SSSR count). The van der Waals surface area contributed by atoms with Crippen LogP contribution in [0.25, 0.3) is 10.9 Å². The molecule has 2 aromatic carbocycles. The van der Waals surface area contributed by atoms with E-state index >= 15 is 0 Å². The Morgan fingerprint density at radius 3 is 2.74 bits per heavy atom. The zero-order chi connectivity index (χ0) is 16.4. The SMILES string of the molecule is CC(Cc1c[nH]c2ccccc12)NS(=O)(=O)c1cccc(F)c1. The Kier molecular flexibility index (Phi) is 4.19. The van der Waals surface area contributed by atoms with Crippen LogP contribution in [0.3, 0.4) is 0 Å². The first kappa shape index (κ1) is 15.7. The van der Waals surface area contributed by atoms with Crippen LogP contribution in [0.2, 0.25) is 0 Å². The van der Waals surface area contributed by atoms with Crippen LogP contribution in [0, 0.1) is 5.82 Å². The smallest absolute Gasteiger partial charge is 0.240 e. The van der Waals surface area contributed by atoms with Gasteiger partial charge in [-0.25, -0.2) is 17.5 Å². The maximum absolute atomic E-state index is 13.2. The number of nitrogens with one attached hydrogen (secondary N) is 2. The highest BCUT2D eigenvalue weighted by Gasteiger charge is 2.18. The number of hydrogen-bond acceptors (Lipinski definition) is 2. The van der Waals surface area contributed by atoms with Crippen LogP contribution in [0.1, 0.15) is 12.5 Å². The molecule has 0 aliphatic rings. The molecule has 0 aliphatic carbocycles. The monoisotopic (exact) mass is 332 g/mol. The summed E-state index contributed by atoms with van der Waals surface area (Å²) in [4.78, 5) is 3.10. The number of benzene rings is 2. The quantitative estimate of drug-likeness (QED) is 0.753. The number of rotatable bonds is 5. The summed E-state index contributed by atoms with van der Waals surface area (Å²) < 4.78 is 40.4. The number of aromatic nitrogens is 1. The van der Waals surface area contributed by atoms with E-state index in [1.807, 2.05) is 30.5 Å². The molecule has 0 fully saturated rings. The van der Waals surface area contributed by atoms with Crippen LogP contribution in [-0.2, 0) is 16.4 Å². The van der Waals surface area contributed by atoms with E-state index in [2.05, 4.69) is 9.71 Å². The average Bonchev–Trinajstić information content (AvgIpc) is 2.90. The van der Waals surface area contributed by atoms with Crippen molar-refractivity contribution in [1.29, 1.82) is 0 Å². The van der Waals surface area contributed by atoms with Gasteiger partial charge in [0.2, 0.25) is 10.0 Å². The van der Waals surface area contributed by atoms with Gasteiger partial charge >= 0.3 is 0 Å². The van der Waals surface area contributed by atoms with Crippen molar-refractivity contribution in [3.8, 4) is 0 Å². The molecule has 0 saturated carbocycles. The molecule has 3 aromatic rings. The zero-order valence-electron chi connectivity index (χ0n) is 12.6. The Hall–Kier alpha value is -2.18. The lowest BCUT2D eigenvalue weighted by molar-refractivity contribution is 0.557. The van der Waals surface area contributed by atoms with E-state index in [0.29, 0.717) is 6.42 Å². The van der Waals surface area contributed by atoms with Crippen molar-refractivity contribution in [3.63, 3.8) is 0 Å². The summed E-state index contributed by atoms with van der Waals surface area (Å²) >= 11 is 0. The van der Waals surface area contributed by atoms with Gasteiger partial charge in [0.25, 0.3) is 0 Å². The van der Waals surface area contributed by atoms with Gasteiger partial charge < -0.3 is 4.98 Å². The summed E-state index contributed by atoms with van der Waals surface area (Å²) in [5.41, 5.74) is 2.05. The second-order valence-electron chi connectivity index (χ2n) is 5.54. The van der Waals surface area contributed by atoms with Gasteiger partial charge in [-0.2, -0.15) is 0 Å². The van der Waals surface area contributed by atoms with Crippen LogP contribution < -0.4 is 4.72 Å². The van der Waals surface area contributed by atoms with E-state index in [4.69, 9.17) is 0 Å². The van der Waals surface area contributed by atoms with Gasteiger partial charge in [-0.15, -0.1) is 0 Å². The molecule has 23 heavy (non-hydrogen) atoms. The lowest BCUT2D eigenvalue weighted by atomic mass is 10.1. The molecule has 4 nitrogen and oxygen atoms in total. The maximum atomic E-state index is 13.2. The number of aromatic amines is 1. The molecule has 1 unspecified atom stereocenters. The molecule has 6 heteroatoms. The third-order valence-electron chi connectivity index (χ3n) is 3.66. The largest absolute Gasteiger partial charge is 0.361 e. The molecule has 0 saturated heterocycles. The van der Waals surface area contributed by atoms with Gasteiger partial charge in [0.05, 0.1) is 4.90 Å². The first-order chi connectivity index (χ1) is 11.0. The molecule has 120 valence electrons. The fraction of sp³-hybridized carbons (Fsp3) is 0.176. The van der Waals surface area contributed by atoms with Crippen LogP contribution in [0.4, 0.5) is 4.39 Å². The Bertz CT molecular complexity index is 934. The minimum Gasteiger partial charge on any atom is -0.361 e. The van der Waals surface area contributed by atoms with E-state index in [1.165, 1.54) is 18.2 Å². The topological polar surface area (TPSA) is 62.0 Å². The molecule has 1 heterocycles. The molecule has 0 bridgehead atoms. The van der Waals surface area contributed by atoms with Crippen molar-refractivity contribution in [2.45, 2.75) is 24.3 Å². The van der Waals surface area contributed by atoms with Gasteiger partial charge in [-0.3, -0.25) is 0 Å². The van der Waals surface area contributed by atoms with Crippen molar-refractivity contribution < 1.29 is 12.8 Å². The fourth-order valence-electron chi connectivity index (χ4n) is 2.64. The van der Waals surface area contributed by atoms with Crippen molar-refractivity contribution in [1.82, 2.24) is 9.71 Å². The maximum Gasteiger partial charge on any atom is 0.240 e. The normalized spacial score (nSPS) is 13.3. The van der Waals surface area contributed by atoms with Gasteiger partial charge in [0.15, 0.2) is 0 Å². The second-order valence-corrected chi connectivity index (χ2v) is 7.26.